The molecule has 0 amide bonds. The number of rotatable bonds is 2. The summed E-state index contributed by atoms with van der Waals surface area (Å²) in [6.07, 6.45) is -0.0379. The zero-order chi connectivity index (χ0) is 8.97. The first-order valence-electron chi connectivity index (χ1n) is 3.28. The molecule has 4 heteroatoms. The summed E-state index contributed by atoms with van der Waals surface area (Å²) in [5.74, 6) is -0.877. The summed E-state index contributed by atoms with van der Waals surface area (Å²) in [6.45, 7) is 0. The molecule has 0 aliphatic rings. The van der Waals surface area contributed by atoms with Crippen molar-refractivity contribution in [1.29, 1.82) is 0 Å². The third-order valence-corrected chi connectivity index (χ3v) is 1.88. The van der Waals surface area contributed by atoms with Crippen LogP contribution in [0.4, 0.5) is 4.53 Å². The maximum absolute atomic E-state index is 11.3. The van der Waals surface area contributed by atoms with Crippen LogP contribution in [0.2, 0.25) is 0 Å². The molecule has 0 heterocycles. The Kier molecular flexibility index (Phi) is 3.22. The summed E-state index contributed by atoms with van der Waals surface area (Å²) in [5.41, 5.74) is 0.723. The first kappa shape index (κ1) is 9.19. The average molecular weight is 233 g/mol. The minimum atomic E-state index is -0.877. The highest BCUT2D eigenvalue weighted by Gasteiger charge is 2.03. The van der Waals surface area contributed by atoms with Crippen LogP contribution in [0.5, 0.6) is 0 Å². The summed E-state index contributed by atoms with van der Waals surface area (Å²) in [4.78, 5) is 13.5. The van der Waals surface area contributed by atoms with Crippen LogP contribution in [0.15, 0.2) is 28.7 Å². The van der Waals surface area contributed by atoms with Crippen LogP contribution in [0, 0.1) is 0 Å². The van der Waals surface area contributed by atoms with Gasteiger partial charge < -0.3 is 0 Å². The van der Waals surface area contributed by atoms with E-state index in [4.69, 9.17) is 0 Å². The van der Waals surface area contributed by atoms with Crippen molar-refractivity contribution in [3.8, 4) is 0 Å². The monoisotopic (exact) mass is 232 g/mol. The van der Waals surface area contributed by atoms with Gasteiger partial charge in [0.2, 0.25) is 0 Å². The van der Waals surface area contributed by atoms with Crippen molar-refractivity contribution in [1.82, 2.24) is 0 Å². The molecule has 0 saturated heterocycles. The fraction of sp³-hybridized carbons (Fsp3) is 0.125. The van der Waals surface area contributed by atoms with Gasteiger partial charge in [-0.2, -0.15) is 0 Å². The molecule has 1 aromatic rings. The van der Waals surface area contributed by atoms with Crippen molar-refractivity contribution in [3.05, 3.63) is 34.3 Å². The second-order valence-electron chi connectivity index (χ2n) is 2.25. The number of carbonyl (C=O) groups is 1. The zero-order valence-electron chi connectivity index (χ0n) is 6.09. The van der Waals surface area contributed by atoms with E-state index in [0.717, 1.165) is 10.0 Å². The summed E-state index contributed by atoms with van der Waals surface area (Å²) < 4.78 is 12.2. The van der Waals surface area contributed by atoms with E-state index in [1.165, 1.54) is 0 Å². The molecule has 64 valence electrons. The molecule has 0 aliphatic carbocycles. The molecule has 0 aromatic heterocycles. The lowest BCUT2D eigenvalue weighted by atomic mass is 10.2. The van der Waals surface area contributed by atoms with Gasteiger partial charge in [0.15, 0.2) is 0 Å². The predicted octanol–water partition coefficient (Wildman–Crippen LogP) is 2.42. The molecule has 0 radical (unpaired) electrons. The van der Waals surface area contributed by atoms with Crippen LogP contribution >= 0.6 is 15.9 Å². The molecule has 1 aromatic carbocycles. The van der Waals surface area contributed by atoms with Crippen LogP contribution < -0.4 is 0 Å². The van der Waals surface area contributed by atoms with Crippen LogP contribution in [-0.4, -0.2) is 5.97 Å². The Hall–Kier alpha value is -0.900. The van der Waals surface area contributed by atoms with E-state index in [0.29, 0.717) is 0 Å². The van der Waals surface area contributed by atoms with Crippen molar-refractivity contribution in [2.45, 2.75) is 6.42 Å². The Morgan fingerprint density at radius 3 is 2.50 bits per heavy atom. The van der Waals surface area contributed by atoms with Gasteiger partial charge in [-0.05, 0) is 17.7 Å². The maximum Gasteiger partial charge on any atom is 0.353 e. The normalized spacial score (nSPS) is 9.50. The lowest BCUT2D eigenvalue weighted by Gasteiger charge is -1.96. The van der Waals surface area contributed by atoms with Crippen molar-refractivity contribution >= 4 is 21.9 Å². The topological polar surface area (TPSA) is 26.3 Å². The highest BCUT2D eigenvalue weighted by atomic mass is 79.9. The van der Waals surface area contributed by atoms with Gasteiger partial charge in [-0.15, -0.1) is 0 Å². The van der Waals surface area contributed by atoms with Gasteiger partial charge in [-0.3, -0.25) is 4.94 Å². The summed E-state index contributed by atoms with van der Waals surface area (Å²) >= 11 is 3.24. The van der Waals surface area contributed by atoms with Gasteiger partial charge in [0, 0.05) is 9.00 Å². The Bertz CT molecular complexity index is 271. The number of benzene rings is 1. The molecule has 0 atom stereocenters. The largest absolute Gasteiger partial charge is 0.353 e. The lowest BCUT2D eigenvalue weighted by Crippen LogP contribution is -2.01. The van der Waals surface area contributed by atoms with E-state index in [2.05, 4.69) is 20.9 Å². The van der Waals surface area contributed by atoms with Gasteiger partial charge >= 0.3 is 5.97 Å². The van der Waals surface area contributed by atoms with Crippen molar-refractivity contribution in [2.75, 3.05) is 0 Å². The van der Waals surface area contributed by atoms with E-state index in [1.54, 1.807) is 24.3 Å². The smallest absolute Gasteiger partial charge is 0.255 e. The first-order chi connectivity index (χ1) is 5.72. The van der Waals surface area contributed by atoms with Gasteiger partial charge in [-0.25, -0.2) is 4.79 Å². The molecule has 0 bridgehead atoms. The Balaban J connectivity index is 2.64. The number of carbonyl (C=O) groups excluding carboxylic acids is 1. The number of hydrogen-bond donors (Lipinski definition) is 0. The van der Waals surface area contributed by atoms with Gasteiger partial charge in [0.25, 0.3) is 0 Å². The number of hydrogen-bond acceptors (Lipinski definition) is 2. The van der Waals surface area contributed by atoms with E-state index in [9.17, 15) is 9.32 Å². The lowest BCUT2D eigenvalue weighted by molar-refractivity contribution is -0.182. The van der Waals surface area contributed by atoms with Crippen LogP contribution in [-0.2, 0) is 16.2 Å². The molecule has 0 fully saturated rings. The standard InChI is InChI=1S/C8H6BrFO2/c9-7-3-1-6(2-4-7)5-8(11)12-10/h1-4H,5H2. The van der Waals surface area contributed by atoms with Gasteiger partial charge in [0.1, 0.15) is 0 Å². The molecule has 0 unspecified atom stereocenters. The second kappa shape index (κ2) is 4.21. The van der Waals surface area contributed by atoms with Crippen LogP contribution in [0.25, 0.3) is 0 Å². The summed E-state index contributed by atoms with van der Waals surface area (Å²) in [5, 5.41) is 0. The van der Waals surface area contributed by atoms with Crippen LogP contribution in [0.3, 0.4) is 0 Å². The fourth-order valence-electron chi connectivity index (χ4n) is 0.796. The Morgan fingerprint density at radius 1 is 1.42 bits per heavy atom. The van der Waals surface area contributed by atoms with Crippen molar-refractivity contribution in [3.63, 3.8) is 0 Å². The molecule has 2 nitrogen and oxygen atoms in total. The second-order valence-corrected chi connectivity index (χ2v) is 3.17. The Labute approximate surface area is 77.4 Å². The molecule has 0 spiro atoms. The third-order valence-electron chi connectivity index (χ3n) is 1.35. The minimum absolute atomic E-state index is 0.0379. The molecule has 0 N–H and O–H groups in total. The Morgan fingerprint density at radius 2 is 2.00 bits per heavy atom. The van der Waals surface area contributed by atoms with Gasteiger partial charge in [0.05, 0.1) is 6.42 Å². The molecular formula is C8H6BrFO2. The molecule has 0 saturated carbocycles. The van der Waals surface area contributed by atoms with E-state index in [1.807, 2.05) is 0 Å². The summed E-state index contributed by atoms with van der Waals surface area (Å²) in [7, 11) is 0. The van der Waals surface area contributed by atoms with Crippen molar-refractivity contribution in [2.24, 2.45) is 0 Å². The van der Waals surface area contributed by atoms with E-state index >= 15 is 0 Å². The quantitative estimate of drug-likeness (QED) is 0.783. The highest BCUT2D eigenvalue weighted by Crippen LogP contribution is 2.11. The third kappa shape index (κ3) is 2.62. The van der Waals surface area contributed by atoms with Crippen LogP contribution in [0.1, 0.15) is 5.56 Å². The maximum atomic E-state index is 11.3. The first-order valence-corrected chi connectivity index (χ1v) is 4.07. The van der Waals surface area contributed by atoms with Crippen molar-refractivity contribution < 1.29 is 14.3 Å². The predicted molar refractivity (Wildman–Crippen MR) is 45.0 cm³/mol. The molecule has 12 heavy (non-hydrogen) atoms. The van der Waals surface area contributed by atoms with E-state index in [-0.39, 0.29) is 6.42 Å². The zero-order valence-corrected chi connectivity index (χ0v) is 7.67. The molecule has 1 rings (SSSR count). The highest BCUT2D eigenvalue weighted by molar-refractivity contribution is 9.10. The summed E-state index contributed by atoms with van der Waals surface area (Å²) in [6, 6.07) is 7.00. The fourth-order valence-corrected chi connectivity index (χ4v) is 1.06. The van der Waals surface area contributed by atoms with Gasteiger partial charge in [-0.1, -0.05) is 28.1 Å². The molecular weight excluding hydrogens is 227 g/mol. The molecule has 0 aliphatic heterocycles. The van der Waals surface area contributed by atoms with E-state index < -0.39 is 5.97 Å². The number of halogens is 2. The minimum Gasteiger partial charge on any atom is -0.255 e. The SMILES string of the molecule is O=C(Cc1ccc(Br)cc1)OF. The average Bonchev–Trinajstić information content (AvgIpc) is 2.09.